The maximum Gasteiger partial charge on any atom is 0.306 e. The number of aryl methyl sites for hydroxylation is 4. The molecule has 0 bridgehead atoms. The highest BCUT2D eigenvalue weighted by Crippen LogP contribution is 2.41. The van der Waals surface area contributed by atoms with Crippen molar-refractivity contribution in [1.82, 2.24) is 24.9 Å². The molecule has 7 atom stereocenters. The van der Waals surface area contributed by atoms with Gasteiger partial charge in [-0.2, -0.15) is 0 Å². The Bertz CT molecular complexity index is 5630. The number of thioether (sulfide) groups is 2. The van der Waals surface area contributed by atoms with Crippen molar-refractivity contribution in [3.05, 3.63) is 279 Å². The van der Waals surface area contributed by atoms with Gasteiger partial charge in [-0.3, -0.25) is 52.7 Å². The van der Waals surface area contributed by atoms with Gasteiger partial charge in [-0.25, -0.2) is 4.39 Å². The summed E-state index contributed by atoms with van der Waals surface area (Å²) in [6.45, 7) is 11.3. The number of hydrogen-bond acceptors (Lipinski definition) is 19. The van der Waals surface area contributed by atoms with E-state index in [0.29, 0.717) is 113 Å². The van der Waals surface area contributed by atoms with Crippen LogP contribution in [0.3, 0.4) is 0 Å². The number of terminal acetylenes is 1. The molecular formula is C116H144ClFN10O12S2. The van der Waals surface area contributed by atoms with E-state index in [1.54, 1.807) is 66.8 Å². The van der Waals surface area contributed by atoms with Crippen molar-refractivity contribution < 1.29 is 61.9 Å². The molecule has 4 fully saturated rings. The molecule has 4 aliphatic heterocycles. The molecule has 756 valence electrons. The lowest BCUT2D eigenvalue weighted by atomic mass is 9.89. The Morgan fingerprint density at radius 3 is 1.30 bits per heavy atom. The van der Waals surface area contributed by atoms with Crippen molar-refractivity contribution in [1.29, 1.82) is 0 Å². The molecule has 0 radical (unpaired) electrons. The average Bonchev–Trinajstić information content (AvgIpc) is 1.67. The fraction of sp³-hybridized carbons (Fsp3) is 0.422. The van der Waals surface area contributed by atoms with Crippen molar-refractivity contribution in [2.45, 2.75) is 254 Å². The topological polar surface area (TPSA) is 352 Å². The summed E-state index contributed by atoms with van der Waals surface area (Å²) in [4.78, 5) is 148. The maximum absolute atomic E-state index is 13.9. The fourth-order valence-electron chi connectivity index (χ4n) is 18.7. The van der Waals surface area contributed by atoms with E-state index >= 15 is 0 Å². The molecule has 13 rings (SSSR count). The second-order valence-corrected chi connectivity index (χ2v) is 39.7. The number of nitrogen functional groups attached to an aromatic ring is 5. The predicted octanol–water partition coefficient (Wildman–Crippen LogP) is 20.9. The van der Waals surface area contributed by atoms with Crippen LogP contribution in [0.25, 0.3) is 0 Å². The molecule has 4 aliphatic rings. The third-order valence-electron chi connectivity index (χ3n) is 26.3. The number of ether oxygens (including phenoxy) is 1. The molecule has 0 aromatic heterocycles. The average molecular weight is 1990 g/mol. The zero-order chi connectivity index (χ0) is 102. The first-order chi connectivity index (χ1) is 68.4. The van der Waals surface area contributed by atoms with Gasteiger partial charge < -0.3 is 58.3 Å². The number of nitrogens with one attached hydrogen (secondary N) is 1. The summed E-state index contributed by atoms with van der Waals surface area (Å²) in [5, 5.41) is 3.32. The largest absolute Gasteiger partial charge is 0.466 e. The first-order valence-corrected chi connectivity index (χ1v) is 52.8. The Morgan fingerprint density at radius 1 is 0.444 bits per heavy atom. The highest BCUT2D eigenvalue weighted by atomic mass is 35.5. The Balaban J connectivity index is 0.000000199. The summed E-state index contributed by atoms with van der Waals surface area (Å²) < 4.78 is 18.7. The molecule has 0 saturated carbocycles. The van der Waals surface area contributed by atoms with E-state index < -0.39 is 5.97 Å². The quantitative estimate of drug-likeness (QED) is 0.00894. The van der Waals surface area contributed by atoms with E-state index in [0.717, 1.165) is 139 Å². The van der Waals surface area contributed by atoms with Gasteiger partial charge in [0.1, 0.15) is 34.7 Å². The predicted molar refractivity (Wildman–Crippen MR) is 571 cm³/mol. The second-order valence-electron chi connectivity index (χ2n) is 37.6. The summed E-state index contributed by atoms with van der Waals surface area (Å²) in [7, 11) is 0. The minimum Gasteiger partial charge on any atom is -0.466 e. The fourth-order valence-corrected chi connectivity index (χ4v) is 20.3. The first kappa shape index (κ1) is 113. The lowest BCUT2D eigenvalue weighted by Crippen LogP contribution is -2.37. The number of benzene rings is 9. The number of Topliss-reactive ketones (excluding diaryl/α,β-unsaturated/α-hetero) is 5. The molecule has 0 aliphatic carbocycles. The number of ketones is 5. The molecule has 9 aromatic rings. The molecule has 26 heteroatoms. The Hall–Kier alpha value is -12.4. The van der Waals surface area contributed by atoms with Crippen LogP contribution in [0.5, 0.6) is 0 Å². The zero-order valence-electron chi connectivity index (χ0n) is 83.4. The van der Waals surface area contributed by atoms with Gasteiger partial charge in [0.25, 0.3) is 0 Å². The number of rotatable bonds is 44. The van der Waals surface area contributed by atoms with Gasteiger partial charge in [0.05, 0.1) is 31.7 Å². The SMILES string of the molecule is C#CCNC(=O)CC(CC(=O)CCC(=O)OCC)c1ccc(N)cc1.CSc1ccccc1C1CCCN1C(=O)C(C)CC(=O)CCc1ccc(N)cc1.CSc1ccccc1C1CCCN1C(=O)C(CC(=O)CCc1ccc(N)cc1)CC(C)C.Nc1ccc(CCC(=O)CCC(=O)N2CCCC2Cc2cccc(Cl)c2)cc1.Nc1ccc(CCC(=O)CCC(=O)N2CCCC2Cc2ccccc2F)cc1. The molecule has 0 spiro atoms. The van der Waals surface area contributed by atoms with Gasteiger partial charge in [-0.05, 0) is 269 Å². The van der Waals surface area contributed by atoms with E-state index in [4.69, 9.17) is 51.4 Å². The van der Waals surface area contributed by atoms with Crippen LogP contribution in [0, 0.1) is 35.9 Å². The Labute approximate surface area is 852 Å². The number of anilines is 5. The number of halogens is 2. The maximum atomic E-state index is 13.9. The van der Waals surface area contributed by atoms with Crippen LogP contribution >= 0.6 is 35.1 Å². The Morgan fingerprint density at radius 2 is 0.852 bits per heavy atom. The third-order valence-corrected chi connectivity index (χ3v) is 28.2. The monoisotopic (exact) mass is 1990 g/mol. The van der Waals surface area contributed by atoms with Crippen LogP contribution < -0.4 is 34.0 Å². The molecule has 4 heterocycles. The summed E-state index contributed by atoms with van der Waals surface area (Å²) in [5.41, 5.74) is 41.4. The number of nitrogens with zero attached hydrogens (tertiary/aromatic N) is 4. The number of hydrogen-bond donors (Lipinski definition) is 6. The molecule has 5 amide bonds. The highest BCUT2D eigenvalue weighted by Gasteiger charge is 2.38. The number of amides is 5. The summed E-state index contributed by atoms with van der Waals surface area (Å²) >= 11 is 9.52. The third kappa shape index (κ3) is 38.5. The van der Waals surface area contributed by atoms with Crippen LogP contribution in [-0.4, -0.2) is 148 Å². The number of nitrogens with two attached hydrogens (primary N) is 5. The van der Waals surface area contributed by atoms with Crippen LogP contribution in [0.1, 0.15) is 243 Å². The van der Waals surface area contributed by atoms with Gasteiger partial charge in [-0.15, -0.1) is 29.9 Å². The smallest absolute Gasteiger partial charge is 0.306 e. The summed E-state index contributed by atoms with van der Waals surface area (Å²) in [6, 6.07) is 69.1. The van der Waals surface area contributed by atoms with E-state index in [1.165, 1.54) is 27.0 Å². The molecule has 9 aromatic carbocycles. The first-order valence-electron chi connectivity index (χ1n) is 50.0. The summed E-state index contributed by atoms with van der Waals surface area (Å²) in [5.74, 6) is 1.82. The second kappa shape index (κ2) is 60.2. The molecular weight excluding hydrogens is 1840 g/mol. The van der Waals surface area contributed by atoms with Gasteiger partial charge >= 0.3 is 5.97 Å². The van der Waals surface area contributed by atoms with Crippen LogP contribution in [-0.2, 0) is 96.0 Å². The van der Waals surface area contributed by atoms with Crippen molar-refractivity contribution in [2.75, 3.05) is 80.5 Å². The van der Waals surface area contributed by atoms with E-state index in [2.05, 4.69) is 78.9 Å². The lowest BCUT2D eigenvalue weighted by molar-refractivity contribution is -0.144. The Kier molecular flexibility index (Phi) is 48.0. The van der Waals surface area contributed by atoms with Crippen molar-refractivity contribution >= 4 is 128 Å². The number of likely N-dealkylation sites (tertiary alicyclic amines) is 4. The highest BCUT2D eigenvalue weighted by molar-refractivity contribution is 7.98. The van der Waals surface area contributed by atoms with Gasteiger partial charge in [-0.1, -0.05) is 166 Å². The minimum atomic E-state index is -0.397. The van der Waals surface area contributed by atoms with Crippen LogP contribution in [0.4, 0.5) is 32.8 Å². The van der Waals surface area contributed by atoms with E-state index in [1.807, 2.05) is 161 Å². The molecule has 7 unspecified atom stereocenters. The number of esters is 1. The lowest BCUT2D eigenvalue weighted by Gasteiger charge is -2.30. The molecule has 11 N–H and O–H groups in total. The van der Waals surface area contributed by atoms with Gasteiger partial charge in [0, 0.05) is 177 Å². The minimum absolute atomic E-state index is 0.000302. The van der Waals surface area contributed by atoms with Crippen molar-refractivity contribution in [3.63, 3.8) is 0 Å². The standard InChI is InChI=1S/C27H36N2O2S.C24H30N2O2S.C23H27ClN2O2.C23H27FN2O2.C19H24N2O4/c1-19(2)17-21(18-23(30)15-12-20-10-13-22(28)14-11-20)27(31)29-16-6-8-25(29)24-7-4-5-9-26(24)32-3;1-17(16-20(27)14-11-18-9-12-19(25)13-10-18)24(28)26-15-5-7-22(26)21-6-3-4-8-23(21)29-2;24-19-4-1-3-18(15-19)16-21-5-2-14-26(21)23(28)13-12-22(27)11-8-17-6-9-20(25)10-7-17;24-22-6-2-1-4-18(22)16-20-5-3-15-26(20)23(28)14-13-21(27)12-9-17-7-10-19(25)11-8-17;1-3-11-21-18(23)13-15(14-5-7-16(20)8-6-14)12-17(22)9-10-19(24)25-4-2/h4-5,7,9-11,13-14,19,21,25H,6,8,12,15-18,28H2,1-3H3;3-4,6,8-10,12-13,17,22H,5,7,11,14-16,25H2,1-2H3;1,3-4,6-7,9-10,15,21H,2,5,8,11-14,16,25H2;1-2,4,6-8,10-11,20H,3,5,9,12-16,25H2;1,5-8,15H,4,9-13,20H2,2H3,(H,21,23). The number of carbonyl (C=O) groups is 11. The van der Waals surface area contributed by atoms with Crippen LogP contribution in [0.2, 0.25) is 5.02 Å². The molecule has 4 saturated heterocycles. The summed E-state index contributed by atoms with van der Waals surface area (Å²) in [6.07, 6.45) is 25.9. The zero-order valence-corrected chi connectivity index (χ0v) is 85.8. The van der Waals surface area contributed by atoms with E-state index in [9.17, 15) is 57.1 Å². The van der Waals surface area contributed by atoms with Gasteiger partial charge in [0.2, 0.25) is 29.5 Å². The van der Waals surface area contributed by atoms with Crippen LogP contribution in [0.15, 0.2) is 228 Å². The number of carbonyl (C=O) groups excluding carboxylic acids is 11. The van der Waals surface area contributed by atoms with Crippen molar-refractivity contribution in [3.8, 4) is 12.3 Å². The molecule has 142 heavy (non-hydrogen) atoms. The van der Waals surface area contributed by atoms with Crippen molar-refractivity contribution in [2.24, 2.45) is 17.8 Å². The normalized spacial score (nSPS) is 15.8. The van der Waals surface area contributed by atoms with Gasteiger partial charge in [0.15, 0.2) is 0 Å². The van der Waals surface area contributed by atoms with E-state index in [-0.39, 0.29) is 158 Å². The molecule has 22 nitrogen and oxygen atoms in total.